The lowest BCUT2D eigenvalue weighted by atomic mass is 10.0. The van der Waals surface area contributed by atoms with Gasteiger partial charge in [0, 0.05) is 6.42 Å². The molecule has 0 amide bonds. The molecule has 0 aromatic rings. The molecule has 0 N–H and O–H groups in total. The summed E-state index contributed by atoms with van der Waals surface area (Å²) >= 11 is 0. The zero-order valence-electron chi connectivity index (χ0n) is 28.7. The molecule has 41 heavy (non-hydrogen) atoms. The van der Waals surface area contributed by atoms with Crippen LogP contribution in [0.1, 0.15) is 220 Å². The zero-order chi connectivity index (χ0) is 29.9. The molecular weight excluding hydrogens is 500 g/mol. The Labute approximate surface area is 259 Å². The highest BCUT2D eigenvalue weighted by molar-refractivity contribution is 5.69. The molecule has 0 saturated carbocycles. The average Bonchev–Trinajstić information content (AvgIpc) is 2.96. The van der Waals surface area contributed by atoms with Crippen molar-refractivity contribution in [1.29, 1.82) is 0 Å². The Hall–Kier alpha value is -0.790. The van der Waals surface area contributed by atoms with Gasteiger partial charge in [-0.05, 0) is 38.0 Å². The first-order chi connectivity index (χ1) is 20.2. The van der Waals surface area contributed by atoms with E-state index < -0.39 is 0 Å². The predicted octanol–water partition coefficient (Wildman–Crippen LogP) is 13.9. The molecule has 0 aromatic heterocycles. The maximum absolute atomic E-state index is 11.9. The SMILES string of the molecule is CCCC/C=C\CCCCCCCC(=O)OCCCCCCCCCCCCCCCCCCCCCCC(C)C. The predicted molar refractivity (Wildman–Crippen MR) is 184 cm³/mol. The smallest absolute Gasteiger partial charge is 0.305 e. The number of unbranched alkanes of at least 4 members (excludes halogenated alkanes) is 26. The Morgan fingerprint density at radius 1 is 0.488 bits per heavy atom. The van der Waals surface area contributed by atoms with Gasteiger partial charge in [0.2, 0.25) is 0 Å². The summed E-state index contributed by atoms with van der Waals surface area (Å²) in [6.45, 7) is 7.55. The van der Waals surface area contributed by atoms with Crippen molar-refractivity contribution in [3.8, 4) is 0 Å². The van der Waals surface area contributed by atoms with E-state index in [0.717, 1.165) is 25.2 Å². The zero-order valence-corrected chi connectivity index (χ0v) is 28.7. The summed E-state index contributed by atoms with van der Waals surface area (Å²) in [6, 6.07) is 0. The van der Waals surface area contributed by atoms with E-state index in [2.05, 4.69) is 32.9 Å². The molecule has 0 radical (unpaired) electrons. The molecule has 0 heterocycles. The van der Waals surface area contributed by atoms with E-state index in [9.17, 15) is 4.79 Å². The van der Waals surface area contributed by atoms with Crippen molar-refractivity contribution in [3.63, 3.8) is 0 Å². The minimum atomic E-state index is 0.0158. The summed E-state index contributed by atoms with van der Waals surface area (Å²) in [4.78, 5) is 11.9. The maximum atomic E-state index is 11.9. The third kappa shape index (κ3) is 37.2. The molecule has 0 spiro atoms. The van der Waals surface area contributed by atoms with Crippen LogP contribution >= 0.6 is 0 Å². The second kappa shape index (κ2) is 35.4. The van der Waals surface area contributed by atoms with E-state index >= 15 is 0 Å². The first-order valence-corrected chi connectivity index (χ1v) is 19.0. The van der Waals surface area contributed by atoms with Crippen LogP contribution in [-0.4, -0.2) is 12.6 Å². The number of ether oxygens (including phenoxy) is 1. The van der Waals surface area contributed by atoms with Crippen molar-refractivity contribution in [2.24, 2.45) is 5.92 Å². The van der Waals surface area contributed by atoms with E-state index in [1.807, 2.05) is 0 Å². The second-order valence-electron chi connectivity index (χ2n) is 13.4. The van der Waals surface area contributed by atoms with Crippen LogP contribution in [0.15, 0.2) is 12.2 Å². The highest BCUT2D eigenvalue weighted by atomic mass is 16.5. The number of carbonyl (C=O) groups excluding carboxylic acids is 1. The standard InChI is InChI=1S/C39H76O2/c1-4-5-6-7-8-9-20-24-27-30-33-36-39(40)41-37-34-31-28-25-22-19-17-15-13-11-10-12-14-16-18-21-23-26-29-32-35-38(2)3/h7-8,38H,4-6,9-37H2,1-3H3/b8-7-. The average molecular weight is 577 g/mol. The van der Waals surface area contributed by atoms with Gasteiger partial charge in [0.25, 0.3) is 0 Å². The molecule has 2 heteroatoms. The van der Waals surface area contributed by atoms with Gasteiger partial charge in [-0.3, -0.25) is 4.79 Å². The fraction of sp³-hybridized carbons (Fsp3) is 0.923. The normalized spacial score (nSPS) is 11.7. The van der Waals surface area contributed by atoms with Gasteiger partial charge in [-0.15, -0.1) is 0 Å². The molecule has 0 atom stereocenters. The Morgan fingerprint density at radius 2 is 0.854 bits per heavy atom. The molecule has 244 valence electrons. The van der Waals surface area contributed by atoms with E-state index in [-0.39, 0.29) is 5.97 Å². The Balaban J connectivity index is 3.15. The summed E-state index contributed by atoms with van der Waals surface area (Å²) in [6.07, 6.45) is 45.7. The Bertz CT molecular complexity index is 524. The van der Waals surface area contributed by atoms with Gasteiger partial charge in [-0.2, -0.15) is 0 Å². The number of hydrogen-bond acceptors (Lipinski definition) is 2. The number of rotatable bonds is 34. The van der Waals surface area contributed by atoms with Crippen LogP contribution in [-0.2, 0) is 9.53 Å². The van der Waals surface area contributed by atoms with Gasteiger partial charge in [0.05, 0.1) is 6.61 Å². The molecule has 0 saturated heterocycles. The first kappa shape index (κ1) is 40.2. The Kier molecular flexibility index (Phi) is 34.7. The molecule has 0 aliphatic heterocycles. The van der Waals surface area contributed by atoms with Crippen LogP contribution in [0.4, 0.5) is 0 Å². The number of allylic oxidation sites excluding steroid dienone is 2. The fourth-order valence-electron chi connectivity index (χ4n) is 5.71. The van der Waals surface area contributed by atoms with E-state index in [0.29, 0.717) is 13.0 Å². The van der Waals surface area contributed by atoms with Crippen LogP contribution in [0.2, 0.25) is 0 Å². The topological polar surface area (TPSA) is 26.3 Å². The lowest BCUT2D eigenvalue weighted by molar-refractivity contribution is -0.143. The number of hydrogen-bond donors (Lipinski definition) is 0. The monoisotopic (exact) mass is 577 g/mol. The van der Waals surface area contributed by atoms with E-state index in [4.69, 9.17) is 4.74 Å². The molecule has 0 rings (SSSR count). The van der Waals surface area contributed by atoms with Gasteiger partial charge in [-0.25, -0.2) is 0 Å². The van der Waals surface area contributed by atoms with Crippen LogP contribution in [0.3, 0.4) is 0 Å². The van der Waals surface area contributed by atoms with Crippen molar-refractivity contribution < 1.29 is 9.53 Å². The third-order valence-electron chi connectivity index (χ3n) is 8.58. The summed E-state index contributed by atoms with van der Waals surface area (Å²) in [5.74, 6) is 0.899. The summed E-state index contributed by atoms with van der Waals surface area (Å²) in [5.41, 5.74) is 0. The van der Waals surface area contributed by atoms with Gasteiger partial charge in [0.1, 0.15) is 0 Å². The molecule has 2 nitrogen and oxygen atoms in total. The lowest BCUT2D eigenvalue weighted by Gasteiger charge is -2.06. The minimum absolute atomic E-state index is 0.0158. The van der Waals surface area contributed by atoms with Crippen LogP contribution in [0, 0.1) is 5.92 Å². The molecule has 0 unspecified atom stereocenters. The van der Waals surface area contributed by atoms with Crippen LogP contribution in [0.25, 0.3) is 0 Å². The van der Waals surface area contributed by atoms with Crippen molar-refractivity contribution >= 4 is 5.97 Å². The summed E-state index contributed by atoms with van der Waals surface area (Å²) in [7, 11) is 0. The quantitative estimate of drug-likeness (QED) is 0.0432. The molecule has 0 bridgehead atoms. The van der Waals surface area contributed by atoms with Crippen molar-refractivity contribution in [2.75, 3.05) is 6.61 Å². The first-order valence-electron chi connectivity index (χ1n) is 19.0. The van der Waals surface area contributed by atoms with Gasteiger partial charge in [-0.1, -0.05) is 193 Å². The van der Waals surface area contributed by atoms with Gasteiger partial charge >= 0.3 is 5.97 Å². The summed E-state index contributed by atoms with van der Waals surface area (Å²) < 4.78 is 5.43. The van der Waals surface area contributed by atoms with E-state index in [1.54, 1.807) is 0 Å². The highest BCUT2D eigenvalue weighted by Crippen LogP contribution is 2.16. The van der Waals surface area contributed by atoms with Crippen molar-refractivity contribution in [3.05, 3.63) is 12.2 Å². The molecule has 0 aliphatic carbocycles. The highest BCUT2D eigenvalue weighted by Gasteiger charge is 2.02. The fourth-order valence-corrected chi connectivity index (χ4v) is 5.71. The lowest BCUT2D eigenvalue weighted by Crippen LogP contribution is -2.05. The third-order valence-corrected chi connectivity index (χ3v) is 8.58. The molecule has 0 fully saturated rings. The summed E-state index contributed by atoms with van der Waals surface area (Å²) in [5, 5.41) is 0. The van der Waals surface area contributed by atoms with Crippen LogP contribution in [0.5, 0.6) is 0 Å². The maximum Gasteiger partial charge on any atom is 0.305 e. The molecule has 0 aliphatic rings. The van der Waals surface area contributed by atoms with Gasteiger partial charge in [0.15, 0.2) is 0 Å². The molecular formula is C39H76O2. The van der Waals surface area contributed by atoms with E-state index in [1.165, 1.54) is 173 Å². The minimum Gasteiger partial charge on any atom is -0.466 e. The van der Waals surface area contributed by atoms with Crippen molar-refractivity contribution in [2.45, 2.75) is 220 Å². The van der Waals surface area contributed by atoms with Crippen molar-refractivity contribution in [1.82, 2.24) is 0 Å². The number of carbonyl (C=O) groups is 1. The van der Waals surface area contributed by atoms with Gasteiger partial charge < -0.3 is 4.74 Å². The largest absolute Gasteiger partial charge is 0.466 e. The molecule has 0 aromatic carbocycles. The number of esters is 1. The second-order valence-corrected chi connectivity index (χ2v) is 13.4. The Morgan fingerprint density at radius 3 is 1.29 bits per heavy atom. The van der Waals surface area contributed by atoms with Crippen LogP contribution < -0.4 is 0 Å².